The van der Waals surface area contributed by atoms with Gasteiger partial charge in [-0.3, -0.25) is 19.3 Å². The Balaban J connectivity index is 2.55. The number of anilines is 1. The molecule has 3 N–H and O–H groups in total. The van der Waals surface area contributed by atoms with Gasteiger partial charge in [-0.25, -0.2) is 0 Å². The Bertz CT molecular complexity index is 692. The molecule has 0 radical (unpaired) electrons. The van der Waals surface area contributed by atoms with Crippen LogP contribution >= 0.6 is 12.2 Å². The fourth-order valence-corrected chi connectivity index (χ4v) is 1.75. The van der Waals surface area contributed by atoms with Crippen LogP contribution in [0.25, 0.3) is 0 Å². The Hall–Kier alpha value is -2.35. The van der Waals surface area contributed by atoms with E-state index in [0.717, 1.165) is 5.56 Å². The predicted octanol–water partition coefficient (Wildman–Crippen LogP) is 1.33. The quantitative estimate of drug-likeness (QED) is 0.641. The monoisotopic (exact) mass is 263 g/mol. The molecule has 18 heavy (non-hydrogen) atoms. The summed E-state index contributed by atoms with van der Waals surface area (Å²) in [5.74, 6) is -0.0531. The molecule has 0 bridgehead atoms. The average Bonchev–Trinajstić information content (AvgIpc) is 2.36. The summed E-state index contributed by atoms with van der Waals surface area (Å²) in [5, 5.41) is 2.61. The van der Waals surface area contributed by atoms with Crippen molar-refractivity contribution >= 4 is 23.7 Å². The van der Waals surface area contributed by atoms with Crippen LogP contribution in [0.2, 0.25) is 0 Å². The molecule has 2 rings (SSSR count). The van der Waals surface area contributed by atoms with E-state index in [0.29, 0.717) is 6.54 Å². The molecule has 0 aliphatic rings. The molecule has 0 atom stereocenters. The van der Waals surface area contributed by atoms with Crippen LogP contribution < -0.4 is 11.3 Å². The fourth-order valence-electron chi connectivity index (χ4n) is 1.50. The van der Waals surface area contributed by atoms with Crippen molar-refractivity contribution in [2.45, 2.75) is 6.54 Å². The van der Waals surface area contributed by atoms with Gasteiger partial charge in [-0.05, 0) is 29.0 Å². The molecule has 0 fully saturated rings. The third-order valence-corrected chi connectivity index (χ3v) is 2.69. The van der Waals surface area contributed by atoms with Crippen LogP contribution in [0.3, 0.4) is 0 Å². The summed E-state index contributed by atoms with van der Waals surface area (Å²) in [6.45, 7) is 0.303. The first-order valence-corrected chi connectivity index (χ1v) is 5.39. The standard InChI is InChI=1S/C10H9N5O2S/c11-8-7(14-17)9(16)13-10(18)15(8)5-6-2-1-3-12-4-6/h1-4H,5,11H2,(H,13,16,18). The largest absolute Gasteiger partial charge is 0.383 e. The Kier molecular flexibility index (Phi) is 3.28. The number of hydrogen-bond donors (Lipinski definition) is 2. The van der Waals surface area contributed by atoms with E-state index in [2.05, 4.69) is 15.1 Å². The third-order valence-electron chi connectivity index (χ3n) is 2.37. The van der Waals surface area contributed by atoms with Crippen LogP contribution in [0.5, 0.6) is 0 Å². The summed E-state index contributed by atoms with van der Waals surface area (Å²) in [5.41, 5.74) is 5.49. The SMILES string of the molecule is Nc1c(N=O)c(=O)[nH]c(=S)n1Cc1cccnc1. The van der Waals surface area contributed by atoms with Crippen LogP contribution in [-0.4, -0.2) is 14.5 Å². The number of aromatic amines is 1. The maximum absolute atomic E-state index is 11.4. The molecule has 0 aliphatic carbocycles. The number of H-pyrrole nitrogens is 1. The molecule has 2 aromatic heterocycles. The smallest absolute Gasteiger partial charge is 0.283 e. The lowest BCUT2D eigenvalue weighted by molar-refractivity contribution is 0.755. The van der Waals surface area contributed by atoms with Gasteiger partial charge < -0.3 is 5.73 Å². The van der Waals surface area contributed by atoms with Crippen molar-refractivity contribution in [2.24, 2.45) is 5.18 Å². The summed E-state index contributed by atoms with van der Waals surface area (Å²) in [6, 6.07) is 3.59. The van der Waals surface area contributed by atoms with Crippen LogP contribution in [0.15, 0.2) is 34.5 Å². The molecule has 0 unspecified atom stereocenters. The minimum absolute atomic E-state index is 0.0531. The van der Waals surface area contributed by atoms with Gasteiger partial charge in [0.2, 0.25) is 5.69 Å². The second-order valence-electron chi connectivity index (χ2n) is 3.53. The van der Waals surface area contributed by atoms with Gasteiger partial charge >= 0.3 is 0 Å². The number of hydrogen-bond acceptors (Lipinski definition) is 6. The molecule has 0 amide bonds. The van der Waals surface area contributed by atoms with Crippen molar-refractivity contribution in [3.63, 3.8) is 0 Å². The predicted molar refractivity (Wildman–Crippen MR) is 69.1 cm³/mol. The van der Waals surface area contributed by atoms with E-state index in [1.54, 1.807) is 18.5 Å². The number of nitrogens with two attached hydrogens (primary N) is 1. The Morgan fingerprint density at radius 3 is 2.94 bits per heavy atom. The van der Waals surface area contributed by atoms with Crippen LogP contribution in [-0.2, 0) is 6.54 Å². The van der Waals surface area contributed by atoms with Crippen LogP contribution in [0, 0.1) is 9.68 Å². The van der Waals surface area contributed by atoms with Crippen molar-refractivity contribution in [1.82, 2.24) is 14.5 Å². The zero-order valence-corrected chi connectivity index (χ0v) is 9.98. The molecular formula is C10H9N5O2S. The minimum atomic E-state index is -0.685. The maximum Gasteiger partial charge on any atom is 0.283 e. The minimum Gasteiger partial charge on any atom is -0.383 e. The number of nitrogen functional groups attached to an aromatic ring is 1. The van der Waals surface area contributed by atoms with Crippen molar-refractivity contribution < 1.29 is 0 Å². The molecule has 0 saturated heterocycles. The lowest BCUT2D eigenvalue weighted by Crippen LogP contribution is -2.18. The lowest BCUT2D eigenvalue weighted by Gasteiger charge is -2.10. The first kappa shape index (κ1) is 12.1. The van der Waals surface area contributed by atoms with Crippen molar-refractivity contribution in [3.05, 3.63) is 50.1 Å². The van der Waals surface area contributed by atoms with E-state index in [4.69, 9.17) is 18.0 Å². The molecule has 2 aromatic rings. The van der Waals surface area contributed by atoms with Gasteiger partial charge in [0.05, 0.1) is 6.54 Å². The summed E-state index contributed by atoms with van der Waals surface area (Å²) in [7, 11) is 0. The molecule has 7 nitrogen and oxygen atoms in total. The highest BCUT2D eigenvalue weighted by molar-refractivity contribution is 7.71. The highest BCUT2D eigenvalue weighted by atomic mass is 32.1. The van der Waals surface area contributed by atoms with Gasteiger partial charge in [0.15, 0.2) is 4.77 Å². The third kappa shape index (κ3) is 2.18. The van der Waals surface area contributed by atoms with E-state index in [9.17, 15) is 9.70 Å². The van der Waals surface area contributed by atoms with Crippen LogP contribution in [0.1, 0.15) is 5.56 Å². The topological polar surface area (TPSA) is 106 Å². The highest BCUT2D eigenvalue weighted by Crippen LogP contribution is 2.16. The molecule has 2 heterocycles. The zero-order chi connectivity index (χ0) is 13.1. The summed E-state index contributed by atoms with van der Waals surface area (Å²) >= 11 is 5.00. The van der Waals surface area contributed by atoms with E-state index in [-0.39, 0.29) is 16.3 Å². The normalized spacial score (nSPS) is 10.2. The summed E-state index contributed by atoms with van der Waals surface area (Å²) in [6.07, 6.45) is 3.28. The fraction of sp³-hybridized carbons (Fsp3) is 0.100. The van der Waals surface area contributed by atoms with Gasteiger partial charge in [-0.2, -0.15) is 0 Å². The van der Waals surface area contributed by atoms with E-state index in [1.807, 2.05) is 6.07 Å². The Labute approximate surface area is 106 Å². The Morgan fingerprint density at radius 2 is 2.33 bits per heavy atom. The molecule has 92 valence electrons. The number of nitrogens with zero attached hydrogens (tertiary/aromatic N) is 3. The second kappa shape index (κ2) is 4.88. The molecular weight excluding hydrogens is 254 g/mol. The molecule has 0 aromatic carbocycles. The van der Waals surface area contributed by atoms with E-state index >= 15 is 0 Å². The second-order valence-corrected chi connectivity index (χ2v) is 3.92. The molecule has 0 aliphatic heterocycles. The zero-order valence-electron chi connectivity index (χ0n) is 9.16. The van der Waals surface area contributed by atoms with Gasteiger partial charge in [0.1, 0.15) is 5.82 Å². The van der Waals surface area contributed by atoms with E-state index < -0.39 is 5.56 Å². The van der Waals surface area contributed by atoms with Crippen molar-refractivity contribution in [2.75, 3.05) is 5.73 Å². The van der Waals surface area contributed by atoms with Gasteiger partial charge in [-0.15, -0.1) is 4.91 Å². The highest BCUT2D eigenvalue weighted by Gasteiger charge is 2.11. The number of pyridine rings is 1. The van der Waals surface area contributed by atoms with Crippen LogP contribution in [0.4, 0.5) is 11.5 Å². The van der Waals surface area contributed by atoms with Gasteiger partial charge in [0.25, 0.3) is 5.56 Å². The van der Waals surface area contributed by atoms with Crippen molar-refractivity contribution in [3.8, 4) is 0 Å². The number of nitrogens with one attached hydrogen (secondary N) is 1. The van der Waals surface area contributed by atoms with E-state index in [1.165, 1.54) is 4.57 Å². The molecule has 8 heteroatoms. The first-order chi connectivity index (χ1) is 8.63. The number of nitroso groups, excluding NO2 is 1. The first-order valence-electron chi connectivity index (χ1n) is 4.98. The number of rotatable bonds is 3. The maximum atomic E-state index is 11.4. The molecule has 0 spiro atoms. The average molecular weight is 263 g/mol. The summed E-state index contributed by atoms with van der Waals surface area (Å²) < 4.78 is 1.55. The van der Waals surface area contributed by atoms with Gasteiger partial charge in [0, 0.05) is 12.4 Å². The van der Waals surface area contributed by atoms with Crippen molar-refractivity contribution in [1.29, 1.82) is 0 Å². The summed E-state index contributed by atoms with van der Waals surface area (Å²) in [4.78, 5) is 28.2. The molecule has 0 saturated carbocycles. The lowest BCUT2D eigenvalue weighted by atomic mass is 10.3. The Morgan fingerprint density at radius 1 is 1.56 bits per heavy atom. The number of aromatic nitrogens is 3. The van der Waals surface area contributed by atoms with Gasteiger partial charge in [-0.1, -0.05) is 6.07 Å².